The van der Waals surface area contributed by atoms with Gasteiger partial charge in [0.2, 0.25) is 5.92 Å². The van der Waals surface area contributed by atoms with E-state index in [1.165, 1.54) is 6.07 Å². The van der Waals surface area contributed by atoms with Crippen LogP contribution in [-0.2, 0) is 11.0 Å². The summed E-state index contributed by atoms with van der Waals surface area (Å²) in [6.07, 6.45) is -1.69. The maximum Gasteiger partial charge on any atom is 0.433 e. The van der Waals surface area contributed by atoms with Gasteiger partial charge in [0.15, 0.2) is 0 Å². The van der Waals surface area contributed by atoms with Crippen molar-refractivity contribution >= 4 is 5.78 Å². The molecular weight excluding hydrogens is 391 g/mol. The van der Waals surface area contributed by atoms with E-state index < -0.39 is 17.8 Å². The Balaban J connectivity index is 1.39. The minimum absolute atomic E-state index is 0.0130. The predicted octanol–water partition coefficient (Wildman–Crippen LogP) is 5.45. The Hall–Kier alpha value is -1.57. The lowest BCUT2D eigenvalue weighted by molar-refractivity contribution is -0.141. The van der Waals surface area contributed by atoms with E-state index in [-0.39, 0.29) is 43.3 Å². The third kappa shape index (κ3) is 6.20. The number of likely N-dealkylation sites (tertiary alicyclic amines) is 1. The number of Topliss-reactive ketones (excluding diaryl/α,β-unsaturated/α-hetero) is 1. The Labute approximate surface area is 167 Å². The van der Waals surface area contributed by atoms with Crippen LogP contribution in [0.5, 0.6) is 0 Å². The first-order valence-electron chi connectivity index (χ1n) is 10.3. The summed E-state index contributed by atoms with van der Waals surface area (Å²) in [5.41, 5.74) is -0.361. The standard InChI is InChI=1S/C21H27F5N2O/c22-20(23)10-6-16(7-11-20)18(29)4-2-12-28-13-8-15(9-14-28)17-3-1-5-19(27-17)21(24,25)26/h1,3,5,15-16H,2,4,6-14H2. The van der Waals surface area contributed by atoms with Gasteiger partial charge < -0.3 is 4.90 Å². The summed E-state index contributed by atoms with van der Waals surface area (Å²) in [5.74, 6) is -2.75. The Bertz CT molecular complexity index is 689. The number of carbonyl (C=O) groups is 1. The van der Waals surface area contributed by atoms with Gasteiger partial charge in [0, 0.05) is 36.8 Å². The molecule has 2 aliphatic rings. The van der Waals surface area contributed by atoms with Gasteiger partial charge in [-0.05, 0) is 63.9 Å². The fourth-order valence-electron chi connectivity index (χ4n) is 4.33. The van der Waals surface area contributed by atoms with E-state index in [4.69, 9.17) is 0 Å². The molecule has 0 amide bonds. The highest BCUT2D eigenvalue weighted by Gasteiger charge is 2.37. The molecule has 0 N–H and O–H groups in total. The Morgan fingerprint density at radius 1 is 1.10 bits per heavy atom. The van der Waals surface area contributed by atoms with Gasteiger partial charge in [-0.2, -0.15) is 13.2 Å². The van der Waals surface area contributed by atoms with Crippen LogP contribution < -0.4 is 0 Å². The van der Waals surface area contributed by atoms with Gasteiger partial charge in [-0.3, -0.25) is 4.79 Å². The number of carbonyl (C=O) groups excluding carboxylic acids is 1. The molecule has 0 atom stereocenters. The molecule has 1 aromatic heterocycles. The molecular formula is C21H27F5N2O. The van der Waals surface area contributed by atoms with Gasteiger partial charge in [0.25, 0.3) is 0 Å². The Morgan fingerprint density at radius 3 is 2.38 bits per heavy atom. The van der Waals surface area contributed by atoms with Crippen LogP contribution in [0.4, 0.5) is 22.0 Å². The van der Waals surface area contributed by atoms with Crippen molar-refractivity contribution in [2.24, 2.45) is 5.92 Å². The topological polar surface area (TPSA) is 33.2 Å². The average Bonchev–Trinajstić information content (AvgIpc) is 2.68. The predicted molar refractivity (Wildman–Crippen MR) is 98.8 cm³/mol. The number of pyridine rings is 1. The minimum atomic E-state index is -4.43. The van der Waals surface area contributed by atoms with E-state index in [1.54, 1.807) is 6.07 Å². The molecule has 1 saturated heterocycles. The summed E-state index contributed by atoms with van der Waals surface area (Å²) in [6.45, 7) is 2.26. The zero-order valence-corrected chi connectivity index (χ0v) is 16.4. The van der Waals surface area contributed by atoms with Crippen molar-refractivity contribution < 1.29 is 26.7 Å². The lowest BCUT2D eigenvalue weighted by atomic mass is 9.83. The summed E-state index contributed by atoms with van der Waals surface area (Å²) in [5, 5.41) is 0. The molecule has 0 radical (unpaired) electrons. The van der Waals surface area contributed by atoms with Crippen molar-refractivity contribution in [3.63, 3.8) is 0 Å². The molecule has 1 saturated carbocycles. The smallest absolute Gasteiger partial charge is 0.303 e. The zero-order chi connectivity index (χ0) is 21.1. The number of ketones is 1. The molecule has 2 heterocycles. The maximum absolute atomic E-state index is 13.2. The lowest BCUT2D eigenvalue weighted by Gasteiger charge is -2.32. The number of rotatable bonds is 6. The third-order valence-electron chi connectivity index (χ3n) is 6.14. The summed E-state index contributed by atoms with van der Waals surface area (Å²) in [7, 11) is 0. The molecule has 162 valence electrons. The van der Waals surface area contributed by atoms with Gasteiger partial charge >= 0.3 is 6.18 Å². The van der Waals surface area contributed by atoms with Crippen molar-refractivity contribution in [3.8, 4) is 0 Å². The Morgan fingerprint density at radius 2 is 1.76 bits per heavy atom. The fourth-order valence-corrected chi connectivity index (χ4v) is 4.33. The molecule has 0 bridgehead atoms. The van der Waals surface area contributed by atoms with Crippen LogP contribution in [0.2, 0.25) is 0 Å². The zero-order valence-electron chi connectivity index (χ0n) is 16.4. The number of nitrogens with zero attached hydrogens (tertiary/aromatic N) is 2. The summed E-state index contributed by atoms with van der Waals surface area (Å²) in [4.78, 5) is 18.3. The number of piperidine rings is 1. The van der Waals surface area contributed by atoms with Crippen LogP contribution >= 0.6 is 0 Å². The monoisotopic (exact) mass is 418 g/mol. The summed E-state index contributed by atoms with van der Waals surface area (Å²) in [6, 6.07) is 4.05. The number of aromatic nitrogens is 1. The van der Waals surface area contributed by atoms with Gasteiger partial charge in [-0.1, -0.05) is 6.07 Å². The number of alkyl halides is 5. The van der Waals surface area contributed by atoms with Gasteiger partial charge in [0.1, 0.15) is 11.5 Å². The van der Waals surface area contributed by atoms with Crippen LogP contribution in [0.1, 0.15) is 68.7 Å². The van der Waals surface area contributed by atoms with E-state index in [2.05, 4.69) is 9.88 Å². The molecule has 1 aliphatic carbocycles. The average molecular weight is 418 g/mol. The molecule has 0 spiro atoms. The largest absolute Gasteiger partial charge is 0.433 e. The second kappa shape index (κ2) is 9.06. The molecule has 0 aromatic carbocycles. The molecule has 0 unspecified atom stereocenters. The fraction of sp³-hybridized carbons (Fsp3) is 0.714. The number of halogens is 5. The highest BCUT2D eigenvalue weighted by Crippen LogP contribution is 2.37. The molecule has 2 fully saturated rings. The summed E-state index contributed by atoms with van der Waals surface area (Å²) >= 11 is 0. The molecule has 29 heavy (non-hydrogen) atoms. The molecule has 1 aromatic rings. The van der Waals surface area contributed by atoms with E-state index in [0.29, 0.717) is 18.5 Å². The highest BCUT2D eigenvalue weighted by molar-refractivity contribution is 5.81. The first-order chi connectivity index (χ1) is 13.6. The van der Waals surface area contributed by atoms with Crippen molar-refractivity contribution in [2.45, 2.75) is 69.4 Å². The minimum Gasteiger partial charge on any atom is -0.303 e. The second-order valence-corrected chi connectivity index (χ2v) is 8.26. The van der Waals surface area contributed by atoms with Gasteiger partial charge in [0.05, 0.1) is 0 Å². The van der Waals surface area contributed by atoms with E-state index >= 15 is 0 Å². The van der Waals surface area contributed by atoms with Crippen molar-refractivity contribution in [1.82, 2.24) is 9.88 Å². The lowest BCUT2D eigenvalue weighted by Crippen LogP contribution is -2.34. The molecule has 8 heteroatoms. The Kier molecular flexibility index (Phi) is 6.91. The number of hydrogen-bond acceptors (Lipinski definition) is 3. The van der Waals surface area contributed by atoms with Crippen LogP contribution in [0, 0.1) is 5.92 Å². The first kappa shape index (κ1) is 22.1. The SMILES string of the molecule is O=C(CCCN1CCC(c2cccc(C(F)(F)F)n2)CC1)C1CCC(F)(F)CC1. The van der Waals surface area contributed by atoms with Crippen molar-refractivity contribution in [2.75, 3.05) is 19.6 Å². The second-order valence-electron chi connectivity index (χ2n) is 8.26. The van der Waals surface area contributed by atoms with E-state index in [1.807, 2.05) is 0 Å². The molecule has 3 nitrogen and oxygen atoms in total. The molecule has 1 aliphatic heterocycles. The van der Waals surface area contributed by atoms with E-state index in [9.17, 15) is 26.7 Å². The van der Waals surface area contributed by atoms with Crippen LogP contribution in [0.3, 0.4) is 0 Å². The normalized spacial score (nSPS) is 22.0. The highest BCUT2D eigenvalue weighted by atomic mass is 19.4. The van der Waals surface area contributed by atoms with Crippen LogP contribution in [-0.4, -0.2) is 41.2 Å². The van der Waals surface area contributed by atoms with E-state index in [0.717, 1.165) is 38.5 Å². The maximum atomic E-state index is 13.2. The van der Waals surface area contributed by atoms with Gasteiger partial charge in [-0.25, -0.2) is 13.8 Å². The van der Waals surface area contributed by atoms with Crippen molar-refractivity contribution in [3.05, 3.63) is 29.6 Å². The molecule has 3 rings (SSSR count). The number of hydrogen-bond donors (Lipinski definition) is 0. The van der Waals surface area contributed by atoms with Crippen LogP contribution in [0.25, 0.3) is 0 Å². The first-order valence-corrected chi connectivity index (χ1v) is 10.3. The van der Waals surface area contributed by atoms with Crippen molar-refractivity contribution in [1.29, 1.82) is 0 Å². The van der Waals surface area contributed by atoms with Gasteiger partial charge in [-0.15, -0.1) is 0 Å². The third-order valence-corrected chi connectivity index (χ3v) is 6.14. The quantitative estimate of drug-likeness (QED) is 0.576. The van der Waals surface area contributed by atoms with Crippen LogP contribution in [0.15, 0.2) is 18.2 Å². The summed E-state index contributed by atoms with van der Waals surface area (Å²) < 4.78 is 64.9.